The summed E-state index contributed by atoms with van der Waals surface area (Å²) in [6, 6.07) is 23.6. The van der Waals surface area contributed by atoms with E-state index in [1.807, 2.05) is 24.3 Å². The fourth-order valence-corrected chi connectivity index (χ4v) is 6.24. The second-order valence-electron chi connectivity index (χ2n) is 11.0. The molecule has 1 aliphatic carbocycles. The molecule has 0 radical (unpaired) electrons. The molecule has 0 unspecified atom stereocenters. The van der Waals surface area contributed by atoms with Crippen molar-refractivity contribution in [3.63, 3.8) is 0 Å². The Bertz CT molecular complexity index is 2280. The van der Waals surface area contributed by atoms with Crippen molar-refractivity contribution in [2.24, 2.45) is 7.05 Å². The van der Waals surface area contributed by atoms with Gasteiger partial charge in [0, 0.05) is 37.5 Å². The summed E-state index contributed by atoms with van der Waals surface area (Å²) in [4.78, 5) is 0. The Morgan fingerprint density at radius 1 is 0.925 bits per heavy atom. The Balaban J connectivity index is 1.52. The average molecular weight is 529 g/mol. The number of halogens is 1. The van der Waals surface area contributed by atoms with Gasteiger partial charge in [0.1, 0.15) is 25.4 Å². The standard InChI is InChI=1S/C36H28FN2O/c1-20-10-12-26-28-15-22(18-38)14-27(34(28)40-35(26)33(20)32-17-31(37)21(2)19-39(32)5)23-11-13-25-24-8-6-7-9-29(24)36(3,4)30(25)16-23/h6-17,19H,1-5H3/q+1/i2D3,17D,19D. The maximum Gasteiger partial charge on any atom is 0.219 e. The zero-order chi connectivity index (χ0) is 32.2. The molecule has 0 fully saturated rings. The van der Waals surface area contributed by atoms with Gasteiger partial charge in [0.2, 0.25) is 5.69 Å². The highest BCUT2D eigenvalue weighted by atomic mass is 19.1. The first-order valence-corrected chi connectivity index (χ1v) is 13.1. The summed E-state index contributed by atoms with van der Waals surface area (Å²) in [7, 11) is 1.45. The number of pyridine rings is 1. The fraction of sp³-hybridized carbons (Fsp3) is 0.167. The molecule has 0 saturated carbocycles. The maximum atomic E-state index is 15.5. The Labute approximate surface area is 239 Å². The predicted octanol–water partition coefficient (Wildman–Crippen LogP) is 8.68. The highest BCUT2D eigenvalue weighted by Gasteiger charge is 2.35. The summed E-state index contributed by atoms with van der Waals surface area (Å²) in [5.74, 6) is -1.25. The number of rotatable bonds is 2. The SMILES string of the molecule is [2H]c1c(F)c(C([2H])([2H])[2H])c([2H])[n+](C)c1-c1c(C)ccc2c1oc1c(-c3ccc4c(c3)C(C)(C)c3ccccc3-4)cc(C#N)cc12. The van der Waals surface area contributed by atoms with Gasteiger partial charge in [-0.3, -0.25) is 0 Å². The van der Waals surface area contributed by atoms with Crippen LogP contribution in [0.25, 0.3) is 55.4 Å². The first kappa shape index (κ1) is 19.3. The maximum absolute atomic E-state index is 15.5. The Morgan fingerprint density at radius 3 is 2.52 bits per heavy atom. The van der Waals surface area contributed by atoms with E-state index < -0.39 is 30.4 Å². The summed E-state index contributed by atoms with van der Waals surface area (Å²) < 4.78 is 63.8. The number of hydrogen-bond donors (Lipinski definition) is 0. The molecule has 2 heterocycles. The van der Waals surface area contributed by atoms with Crippen molar-refractivity contribution in [1.82, 2.24) is 0 Å². The first-order chi connectivity index (χ1) is 21.3. The van der Waals surface area contributed by atoms with E-state index in [1.54, 1.807) is 19.1 Å². The molecule has 4 aromatic carbocycles. The van der Waals surface area contributed by atoms with Crippen LogP contribution in [0.4, 0.5) is 4.39 Å². The minimum atomic E-state index is -2.90. The van der Waals surface area contributed by atoms with E-state index in [2.05, 4.69) is 50.2 Å². The van der Waals surface area contributed by atoms with Crippen LogP contribution in [0.5, 0.6) is 0 Å². The van der Waals surface area contributed by atoms with Crippen LogP contribution in [0.15, 0.2) is 83.4 Å². The van der Waals surface area contributed by atoms with E-state index in [9.17, 15) is 5.26 Å². The zero-order valence-electron chi connectivity index (χ0n) is 27.5. The fourth-order valence-electron chi connectivity index (χ4n) is 6.24. The van der Waals surface area contributed by atoms with Crippen molar-refractivity contribution < 1.29 is 20.2 Å². The molecule has 3 nitrogen and oxygen atoms in total. The monoisotopic (exact) mass is 528 g/mol. The van der Waals surface area contributed by atoms with Crippen molar-refractivity contribution in [2.45, 2.75) is 33.0 Å². The largest absolute Gasteiger partial charge is 0.454 e. The van der Waals surface area contributed by atoms with E-state index in [4.69, 9.17) is 11.3 Å². The Kier molecular flexibility index (Phi) is 4.05. The molecule has 2 aromatic heterocycles. The van der Waals surface area contributed by atoms with E-state index in [-0.39, 0.29) is 11.1 Å². The third kappa shape index (κ3) is 3.31. The average Bonchev–Trinajstić information content (AvgIpc) is 3.48. The molecule has 194 valence electrons. The number of nitrogens with zero attached hydrogens (tertiary/aromatic N) is 2. The number of nitriles is 1. The minimum Gasteiger partial charge on any atom is -0.454 e. The first-order valence-electron chi connectivity index (χ1n) is 15.6. The van der Waals surface area contributed by atoms with Gasteiger partial charge in [-0.15, -0.1) is 0 Å². The van der Waals surface area contributed by atoms with Crippen molar-refractivity contribution in [3.05, 3.63) is 113 Å². The second-order valence-corrected chi connectivity index (χ2v) is 11.0. The summed E-state index contributed by atoms with van der Waals surface area (Å²) in [6.45, 7) is 3.30. The highest BCUT2D eigenvalue weighted by Crippen LogP contribution is 2.50. The molecule has 0 atom stereocenters. The molecule has 4 heteroatoms. The highest BCUT2D eigenvalue weighted by molar-refractivity contribution is 6.13. The zero-order valence-corrected chi connectivity index (χ0v) is 22.5. The molecule has 0 N–H and O–H groups in total. The van der Waals surface area contributed by atoms with Crippen molar-refractivity contribution in [1.29, 1.82) is 5.26 Å². The lowest BCUT2D eigenvalue weighted by molar-refractivity contribution is -0.661. The molecule has 6 aromatic rings. The number of furan rings is 1. The van der Waals surface area contributed by atoms with Gasteiger partial charge in [-0.1, -0.05) is 62.4 Å². The van der Waals surface area contributed by atoms with Crippen LogP contribution in [0, 0.1) is 30.9 Å². The summed E-state index contributed by atoms with van der Waals surface area (Å²) in [6.07, 6.45) is -0.541. The molecular formula is C36H28FN2O+. The quantitative estimate of drug-likeness (QED) is 0.211. The lowest BCUT2D eigenvalue weighted by Crippen LogP contribution is -2.31. The molecule has 0 bridgehead atoms. The van der Waals surface area contributed by atoms with E-state index in [0.717, 1.165) is 11.1 Å². The predicted molar refractivity (Wildman–Crippen MR) is 157 cm³/mol. The number of benzene rings is 4. The van der Waals surface area contributed by atoms with Gasteiger partial charge in [0.15, 0.2) is 6.17 Å². The van der Waals surface area contributed by atoms with Crippen LogP contribution in [0.3, 0.4) is 0 Å². The molecule has 0 amide bonds. The summed E-state index contributed by atoms with van der Waals surface area (Å²) in [5, 5.41) is 11.4. The summed E-state index contributed by atoms with van der Waals surface area (Å²) >= 11 is 0. The number of fused-ring (bicyclic) bond motifs is 6. The molecule has 1 aliphatic rings. The Hall–Kier alpha value is -4.75. The van der Waals surface area contributed by atoms with Crippen LogP contribution >= 0.6 is 0 Å². The molecule has 40 heavy (non-hydrogen) atoms. The van der Waals surface area contributed by atoms with Crippen molar-refractivity contribution in [2.75, 3.05) is 0 Å². The third-order valence-corrected chi connectivity index (χ3v) is 8.27. The lowest BCUT2D eigenvalue weighted by Gasteiger charge is -2.22. The Morgan fingerprint density at radius 2 is 1.73 bits per heavy atom. The molecular weight excluding hydrogens is 495 g/mol. The van der Waals surface area contributed by atoms with Gasteiger partial charge < -0.3 is 4.42 Å². The minimum absolute atomic E-state index is 0.0340. The van der Waals surface area contributed by atoms with Crippen molar-refractivity contribution >= 4 is 21.9 Å². The third-order valence-electron chi connectivity index (χ3n) is 8.27. The van der Waals surface area contributed by atoms with Gasteiger partial charge in [0.25, 0.3) is 0 Å². The number of aromatic nitrogens is 1. The van der Waals surface area contributed by atoms with Crippen LogP contribution in [0.1, 0.15) is 48.5 Å². The van der Waals surface area contributed by atoms with Gasteiger partial charge in [-0.25, -0.2) is 8.96 Å². The van der Waals surface area contributed by atoms with Gasteiger partial charge in [-0.2, -0.15) is 5.26 Å². The lowest BCUT2D eigenvalue weighted by atomic mass is 9.81. The second kappa shape index (κ2) is 8.37. The summed E-state index contributed by atoms with van der Waals surface area (Å²) in [5.41, 5.74) is 7.77. The molecule has 0 aliphatic heterocycles. The normalized spacial score (nSPS) is 15.6. The van der Waals surface area contributed by atoms with Crippen molar-refractivity contribution in [3.8, 4) is 39.6 Å². The van der Waals surface area contributed by atoms with Gasteiger partial charge in [-0.05, 0) is 65.4 Å². The van der Waals surface area contributed by atoms with Gasteiger partial charge >= 0.3 is 0 Å². The van der Waals surface area contributed by atoms with Crippen LogP contribution in [-0.4, -0.2) is 0 Å². The van der Waals surface area contributed by atoms with E-state index in [0.29, 0.717) is 38.6 Å². The van der Waals surface area contributed by atoms with Crippen LogP contribution < -0.4 is 4.57 Å². The number of aryl methyl sites for hydroxylation is 1. The topological polar surface area (TPSA) is 40.8 Å². The molecule has 0 saturated heterocycles. The smallest absolute Gasteiger partial charge is 0.219 e. The van der Waals surface area contributed by atoms with Crippen LogP contribution in [0.2, 0.25) is 0 Å². The van der Waals surface area contributed by atoms with E-state index in [1.165, 1.54) is 33.9 Å². The molecule has 0 spiro atoms. The van der Waals surface area contributed by atoms with Gasteiger partial charge in [0.05, 0.1) is 18.6 Å². The number of hydrogen-bond acceptors (Lipinski definition) is 2. The van der Waals surface area contributed by atoms with E-state index >= 15 is 4.39 Å². The molecule has 7 rings (SSSR count). The van der Waals surface area contributed by atoms with Crippen LogP contribution in [-0.2, 0) is 12.5 Å².